The minimum Gasteiger partial charge on any atom is -0.264 e. The molecule has 0 radical (unpaired) electrons. The van der Waals surface area contributed by atoms with Crippen LogP contribution < -0.4 is 0 Å². The largest absolute Gasteiger partial charge is 0.264 e. The van der Waals surface area contributed by atoms with Crippen molar-refractivity contribution in [2.45, 2.75) is 19.3 Å². The van der Waals surface area contributed by atoms with Gasteiger partial charge in [-0.25, -0.2) is 9.97 Å². The number of fused-ring (bicyclic) bond motifs is 5. The maximum atomic E-state index is 5.29. The van der Waals surface area contributed by atoms with E-state index in [9.17, 15) is 0 Å². The van der Waals surface area contributed by atoms with Gasteiger partial charge in [-0.1, -0.05) is 153 Å². The van der Waals surface area contributed by atoms with Gasteiger partial charge in [0.25, 0.3) is 0 Å². The molecule has 2 heterocycles. The van der Waals surface area contributed by atoms with Gasteiger partial charge in [-0.05, 0) is 120 Å². The van der Waals surface area contributed by atoms with Crippen molar-refractivity contribution >= 4 is 21.5 Å². The first-order valence-electron chi connectivity index (χ1n) is 20.2. The molecule has 0 amide bonds. The molecule has 2 aromatic heterocycles. The van der Waals surface area contributed by atoms with E-state index >= 15 is 0 Å². The van der Waals surface area contributed by atoms with Crippen LogP contribution >= 0.6 is 0 Å². The van der Waals surface area contributed by atoms with Gasteiger partial charge in [-0.2, -0.15) is 0 Å². The second-order valence-electron chi connectivity index (χ2n) is 16.1. The first-order chi connectivity index (χ1) is 29.0. The third-order valence-corrected chi connectivity index (χ3v) is 12.2. The number of aromatic nitrogens is 3. The molecule has 0 fully saturated rings. The molecular weight excluding hydrogens is 715 g/mol. The lowest BCUT2D eigenvalue weighted by Crippen LogP contribution is -2.14. The molecule has 278 valence electrons. The first kappa shape index (κ1) is 34.7. The molecule has 8 aromatic carbocycles. The Morgan fingerprint density at radius 3 is 1.71 bits per heavy atom. The van der Waals surface area contributed by atoms with E-state index in [1.807, 2.05) is 18.3 Å². The van der Waals surface area contributed by atoms with Crippen LogP contribution in [0.2, 0.25) is 0 Å². The molecule has 11 rings (SSSR count). The summed E-state index contributed by atoms with van der Waals surface area (Å²) in [6.07, 6.45) is 3.70. The zero-order valence-corrected chi connectivity index (χ0v) is 32.9. The summed E-state index contributed by atoms with van der Waals surface area (Å²) in [5.74, 6) is 0.693. The number of benzene rings is 8. The van der Waals surface area contributed by atoms with Gasteiger partial charge in [0, 0.05) is 40.1 Å². The van der Waals surface area contributed by atoms with E-state index in [-0.39, 0.29) is 5.41 Å². The zero-order valence-electron chi connectivity index (χ0n) is 32.9. The number of hydrogen-bond donors (Lipinski definition) is 0. The van der Waals surface area contributed by atoms with Crippen molar-refractivity contribution in [2.75, 3.05) is 0 Å². The van der Waals surface area contributed by atoms with Crippen LogP contribution in [0.4, 0.5) is 0 Å². The molecule has 59 heavy (non-hydrogen) atoms. The summed E-state index contributed by atoms with van der Waals surface area (Å²) in [5, 5.41) is 4.84. The van der Waals surface area contributed by atoms with E-state index in [0.29, 0.717) is 5.82 Å². The van der Waals surface area contributed by atoms with Crippen LogP contribution in [0.15, 0.2) is 200 Å². The van der Waals surface area contributed by atoms with E-state index in [1.54, 1.807) is 6.20 Å². The highest BCUT2D eigenvalue weighted by molar-refractivity contribution is 6.05. The molecule has 1 aliphatic carbocycles. The Morgan fingerprint density at radius 1 is 0.356 bits per heavy atom. The summed E-state index contributed by atoms with van der Waals surface area (Å²) in [7, 11) is 0. The van der Waals surface area contributed by atoms with Crippen LogP contribution in [0.3, 0.4) is 0 Å². The number of pyridine rings is 1. The van der Waals surface area contributed by atoms with Gasteiger partial charge in [0.1, 0.15) is 0 Å². The third-order valence-electron chi connectivity index (χ3n) is 12.2. The van der Waals surface area contributed by atoms with Crippen molar-refractivity contribution < 1.29 is 0 Å². The molecule has 0 saturated heterocycles. The van der Waals surface area contributed by atoms with Gasteiger partial charge in [0.15, 0.2) is 5.82 Å². The average Bonchev–Trinajstić information content (AvgIpc) is 3.52. The molecule has 0 aliphatic heterocycles. The van der Waals surface area contributed by atoms with E-state index in [2.05, 4.69) is 195 Å². The summed E-state index contributed by atoms with van der Waals surface area (Å²) >= 11 is 0. The zero-order chi connectivity index (χ0) is 39.5. The van der Waals surface area contributed by atoms with Gasteiger partial charge >= 0.3 is 0 Å². The maximum Gasteiger partial charge on any atom is 0.161 e. The fourth-order valence-electron chi connectivity index (χ4n) is 9.09. The Labute approximate surface area is 344 Å². The SMILES string of the molecule is CC1(C)c2ccc(-c3cccc(-c4ccc(-c5nc(-c6ccccc6)cc(-c6cccc(-c7cccnc7)c6)n5)c5ccccc45)c3)cc2-c2cc3ccccc3cc21. The average molecular weight is 754 g/mol. The van der Waals surface area contributed by atoms with E-state index in [4.69, 9.17) is 9.97 Å². The Hall–Kier alpha value is -7.49. The fraction of sp³-hybridized carbons (Fsp3) is 0.0536. The summed E-state index contributed by atoms with van der Waals surface area (Å²) in [6.45, 7) is 4.71. The minimum atomic E-state index is -0.0647. The van der Waals surface area contributed by atoms with Gasteiger partial charge in [0.05, 0.1) is 11.4 Å². The van der Waals surface area contributed by atoms with E-state index in [0.717, 1.165) is 50.0 Å². The van der Waals surface area contributed by atoms with Crippen LogP contribution in [0, 0.1) is 0 Å². The van der Waals surface area contributed by atoms with Crippen molar-refractivity contribution in [1.29, 1.82) is 0 Å². The van der Waals surface area contributed by atoms with E-state index in [1.165, 1.54) is 55.3 Å². The lowest BCUT2D eigenvalue weighted by Gasteiger charge is -2.22. The summed E-state index contributed by atoms with van der Waals surface area (Å²) in [4.78, 5) is 14.9. The van der Waals surface area contributed by atoms with Gasteiger partial charge in [-0.3, -0.25) is 4.98 Å². The van der Waals surface area contributed by atoms with Crippen molar-refractivity contribution in [3.8, 4) is 78.4 Å². The molecule has 0 saturated carbocycles. The fourth-order valence-corrected chi connectivity index (χ4v) is 9.09. The third kappa shape index (κ3) is 6.02. The summed E-state index contributed by atoms with van der Waals surface area (Å²) in [5.41, 5.74) is 17.1. The maximum absolute atomic E-state index is 5.29. The smallest absolute Gasteiger partial charge is 0.161 e. The van der Waals surface area contributed by atoms with Gasteiger partial charge < -0.3 is 0 Å². The van der Waals surface area contributed by atoms with Crippen molar-refractivity contribution in [3.63, 3.8) is 0 Å². The Morgan fingerprint density at radius 2 is 0.932 bits per heavy atom. The number of hydrogen-bond acceptors (Lipinski definition) is 3. The number of nitrogens with zero attached hydrogens (tertiary/aromatic N) is 3. The highest BCUT2D eigenvalue weighted by Crippen LogP contribution is 2.51. The molecule has 0 N–H and O–H groups in total. The molecule has 0 atom stereocenters. The standard InChI is InChI=1S/C56H39N3/c1-56(2)51-27-24-41(32-49(51)50-31-39-15-6-7-16-40(39)33-52(50)56)37-17-10-19-42(29-37)45-25-26-48(47-23-9-8-22-46(45)47)55-58-53(36-13-4-3-5-14-36)34-54(59-55)43-20-11-18-38(30-43)44-21-12-28-57-35-44/h3-35H,1-2H3. The molecule has 1 aliphatic rings. The van der Waals surface area contributed by atoms with E-state index < -0.39 is 0 Å². The molecular formula is C56H39N3. The van der Waals surface area contributed by atoms with Gasteiger partial charge in [0.2, 0.25) is 0 Å². The second kappa shape index (κ2) is 13.9. The predicted octanol–water partition coefficient (Wildman–Crippen LogP) is 14.5. The molecule has 0 bridgehead atoms. The van der Waals surface area contributed by atoms with Crippen molar-refractivity contribution in [1.82, 2.24) is 15.0 Å². The minimum absolute atomic E-state index is 0.0647. The van der Waals surface area contributed by atoms with Crippen LogP contribution in [-0.4, -0.2) is 15.0 Å². The van der Waals surface area contributed by atoms with Gasteiger partial charge in [-0.15, -0.1) is 0 Å². The summed E-state index contributed by atoms with van der Waals surface area (Å²) in [6, 6.07) is 67.6. The predicted molar refractivity (Wildman–Crippen MR) is 245 cm³/mol. The highest BCUT2D eigenvalue weighted by atomic mass is 14.9. The number of rotatable bonds is 6. The molecule has 3 nitrogen and oxygen atoms in total. The lowest BCUT2D eigenvalue weighted by atomic mass is 9.81. The van der Waals surface area contributed by atoms with Crippen LogP contribution in [0.5, 0.6) is 0 Å². The van der Waals surface area contributed by atoms with Crippen molar-refractivity contribution in [3.05, 3.63) is 212 Å². The quantitative estimate of drug-likeness (QED) is 0.170. The van der Waals surface area contributed by atoms with Crippen molar-refractivity contribution in [2.24, 2.45) is 0 Å². The Kier molecular flexibility index (Phi) is 8.16. The molecule has 0 spiro atoms. The summed E-state index contributed by atoms with van der Waals surface area (Å²) < 4.78 is 0. The Bertz CT molecular complexity index is 3240. The Balaban J connectivity index is 1.01. The lowest BCUT2D eigenvalue weighted by molar-refractivity contribution is 0.661. The highest BCUT2D eigenvalue weighted by Gasteiger charge is 2.35. The monoisotopic (exact) mass is 753 g/mol. The van der Waals surface area contributed by atoms with Crippen LogP contribution in [-0.2, 0) is 5.41 Å². The topological polar surface area (TPSA) is 38.7 Å². The normalized spacial score (nSPS) is 12.7. The van der Waals surface area contributed by atoms with Crippen LogP contribution in [0.25, 0.3) is 100.0 Å². The molecule has 10 aromatic rings. The molecule has 3 heteroatoms. The van der Waals surface area contributed by atoms with Crippen LogP contribution in [0.1, 0.15) is 25.0 Å². The first-order valence-corrected chi connectivity index (χ1v) is 20.2. The second-order valence-corrected chi connectivity index (χ2v) is 16.1. The molecule has 0 unspecified atom stereocenters.